The van der Waals surface area contributed by atoms with E-state index in [0.717, 1.165) is 36.5 Å². The first-order valence-electron chi connectivity index (χ1n) is 9.49. The smallest absolute Gasteiger partial charge is 0.340 e. The summed E-state index contributed by atoms with van der Waals surface area (Å²) in [6, 6.07) is 7.39. The van der Waals surface area contributed by atoms with Crippen molar-refractivity contribution in [3.8, 4) is 0 Å². The topological polar surface area (TPSA) is 67.9 Å². The van der Waals surface area contributed by atoms with Crippen LogP contribution in [0.5, 0.6) is 0 Å². The Kier molecular flexibility index (Phi) is 6.70. The largest absolute Gasteiger partial charge is 0.465 e. The lowest BCUT2D eigenvalue weighted by atomic mass is 10.1. The Morgan fingerprint density at radius 3 is 2.68 bits per heavy atom. The van der Waals surface area contributed by atoms with Crippen molar-refractivity contribution in [3.63, 3.8) is 0 Å². The summed E-state index contributed by atoms with van der Waals surface area (Å²) in [6.07, 6.45) is 1.99. The number of thiophene rings is 1. The summed E-state index contributed by atoms with van der Waals surface area (Å²) in [5.41, 5.74) is 2.92. The molecule has 0 radical (unpaired) electrons. The monoisotopic (exact) mass is 402 g/mol. The molecule has 1 saturated heterocycles. The van der Waals surface area contributed by atoms with Crippen LogP contribution < -0.4 is 10.2 Å². The summed E-state index contributed by atoms with van der Waals surface area (Å²) in [5, 5.41) is 2.88. The maximum atomic E-state index is 12.8. The van der Waals surface area contributed by atoms with Crippen LogP contribution in [0.3, 0.4) is 0 Å². The first-order valence-corrected chi connectivity index (χ1v) is 10.3. The summed E-state index contributed by atoms with van der Waals surface area (Å²) in [7, 11) is 1.34. The molecule has 0 atom stereocenters. The van der Waals surface area contributed by atoms with Crippen molar-refractivity contribution in [2.45, 2.75) is 26.7 Å². The van der Waals surface area contributed by atoms with Gasteiger partial charge in [-0.3, -0.25) is 4.79 Å². The lowest BCUT2D eigenvalue weighted by Gasteiger charge is -2.29. The quantitative estimate of drug-likeness (QED) is 0.743. The lowest BCUT2D eigenvalue weighted by molar-refractivity contribution is 0.0602. The number of carbonyl (C=O) groups is 2. The van der Waals surface area contributed by atoms with E-state index in [-0.39, 0.29) is 5.91 Å². The highest BCUT2D eigenvalue weighted by molar-refractivity contribution is 7.14. The minimum Gasteiger partial charge on any atom is -0.465 e. The number of morpholine rings is 1. The zero-order valence-electron chi connectivity index (χ0n) is 16.5. The van der Waals surface area contributed by atoms with E-state index >= 15 is 0 Å². The zero-order chi connectivity index (χ0) is 20.1. The second-order valence-electron chi connectivity index (χ2n) is 6.72. The Morgan fingerprint density at radius 1 is 1.25 bits per heavy atom. The van der Waals surface area contributed by atoms with Crippen LogP contribution in [0.1, 0.15) is 43.8 Å². The van der Waals surface area contributed by atoms with Crippen LogP contribution in [0.2, 0.25) is 0 Å². The molecule has 1 aromatic heterocycles. The molecule has 2 aromatic rings. The van der Waals surface area contributed by atoms with Crippen LogP contribution in [-0.4, -0.2) is 45.3 Å². The average Bonchev–Trinajstić information content (AvgIpc) is 3.09. The number of hydrogen-bond donors (Lipinski definition) is 1. The molecule has 0 aliphatic carbocycles. The van der Waals surface area contributed by atoms with E-state index in [0.29, 0.717) is 29.3 Å². The number of hydrogen-bond acceptors (Lipinski definition) is 6. The SMILES string of the molecule is CCCc1cc(C(=O)Nc2ccc(N3CCOCC3)cc2C(=O)OC)sc1C. The molecule has 0 unspecified atom stereocenters. The van der Waals surface area contributed by atoms with E-state index in [4.69, 9.17) is 9.47 Å². The molecule has 28 heavy (non-hydrogen) atoms. The highest BCUT2D eigenvalue weighted by Gasteiger charge is 2.20. The predicted octanol–water partition coefficient (Wildman–Crippen LogP) is 3.88. The minimum atomic E-state index is -0.473. The van der Waals surface area contributed by atoms with Gasteiger partial charge in [0.05, 0.1) is 36.5 Å². The number of rotatable bonds is 6. The van der Waals surface area contributed by atoms with E-state index in [1.165, 1.54) is 24.0 Å². The fourth-order valence-electron chi connectivity index (χ4n) is 3.27. The molecule has 0 spiro atoms. The van der Waals surface area contributed by atoms with Gasteiger partial charge in [0.25, 0.3) is 5.91 Å². The number of benzene rings is 1. The third-order valence-corrected chi connectivity index (χ3v) is 5.89. The molecule has 1 fully saturated rings. The number of nitrogens with zero attached hydrogens (tertiary/aromatic N) is 1. The van der Waals surface area contributed by atoms with Crippen molar-refractivity contribution >= 4 is 34.6 Å². The van der Waals surface area contributed by atoms with E-state index in [1.54, 1.807) is 12.1 Å². The Hall–Kier alpha value is -2.38. The molecule has 0 bridgehead atoms. The third kappa shape index (κ3) is 4.54. The van der Waals surface area contributed by atoms with Crippen LogP contribution in [0, 0.1) is 6.92 Å². The van der Waals surface area contributed by atoms with Crippen molar-refractivity contribution in [1.29, 1.82) is 0 Å². The van der Waals surface area contributed by atoms with Gasteiger partial charge in [-0.15, -0.1) is 11.3 Å². The second kappa shape index (κ2) is 9.21. The molecule has 6 nitrogen and oxygen atoms in total. The van der Waals surface area contributed by atoms with Crippen molar-refractivity contribution in [1.82, 2.24) is 0 Å². The van der Waals surface area contributed by atoms with Gasteiger partial charge < -0.3 is 19.7 Å². The van der Waals surface area contributed by atoms with Crippen molar-refractivity contribution < 1.29 is 19.1 Å². The molecular formula is C21H26N2O4S. The number of carbonyl (C=O) groups excluding carboxylic acids is 2. The first-order chi connectivity index (χ1) is 13.5. The molecule has 1 N–H and O–H groups in total. The minimum absolute atomic E-state index is 0.209. The molecule has 2 heterocycles. The van der Waals surface area contributed by atoms with E-state index < -0.39 is 5.97 Å². The summed E-state index contributed by atoms with van der Waals surface area (Å²) < 4.78 is 10.3. The fourth-order valence-corrected chi connectivity index (χ4v) is 4.24. The van der Waals surface area contributed by atoms with Crippen molar-refractivity contribution in [2.75, 3.05) is 43.6 Å². The summed E-state index contributed by atoms with van der Waals surface area (Å²) in [6.45, 7) is 6.99. The molecule has 3 rings (SSSR count). The van der Waals surface area contributed by atoms with Gasteiger partial charge in [-0.25, -0.2) is 4.79 Å². The van der Waals surface area contributed by atoms with Crippen LogP contribution in [0.4, 0.5) is 11.4 Å². The van der Waals surface area contributed by atoms with Crippen LogP contribution >= 0.6 is 11.3 Å². The number of esters is 1. The van der Waals surface area contributed by atoms with E-state index in [9.17, 15) is 9.59 Å². The molecular weight excluding hydrogens is 376 g/mol. The van der Waals surface area contributed by atoms with Crippen LogP contribution in [0.25, 0.3) is 0 Å². The third-order valence-electron chi connectivity index (χ3n) is 4.80. The fraction of sp³-hybridized carbons (Fsp3) is 0.429. The number of nitrogens with one attached hydrogen (secondary N) is 1. The van der Waals surface area contributed by atoms with Gasteiger partial charge in [-0.2, -0.15) is 0 Å². The molecule has 150 valence electrons. The average molecular weight is 403 g/mol. The summed E-state index contributed by atoms with van der Waals surface area (Å²) >= 11 is 1.48. The Labute approximate surface area is 169 Å². The summed E-state index contributed by atoms with van der Waals surface area (Å²) in [4.78, 5) is 29.0. The number of aryl methyl sites for hydroxylation is 2. The maximum absolute atomic E-state index is 12.8. The molecule has 1 aliphatic heterocycles. The highest BCUT2D eigenvalue weighted by atomic mass is 32.1. The Morgan fingerprint density at radius 2 is 2.00 bits per heavy atom. The Balaban J connectivity index is 1.84. The standard InChI is InChI=1S/C21H26N2O4S/c1-4-5-15-12-19(28-14(15)2)20(24)22-18-7-6-16(13-17(18)21(25)26-3)23-8-10-27-11-9-23/h6-7,12-13H,4-5,8-11H2,1-3H3,(H,22,24). The van der Waals surface area contributed by atoms with Crippen LogP contribution in [0.15, 0.2) is 24.3 Å². The number of ether oxygens (including phenoxy) is 2. The lowest BCUT2D eigenvalue weighted by Crippen LogP contribution is -2.36. The van der Waals surface area contributed by atoms with Gasteiger partial charge in [-0.1, -0.05) is 13.3 Å². The first kappa shape index (κ1) is 20.4. The normalized spacial score (nSPS) is 14.0. The molecule has 1 aliphatic rings. The van der Waals surface area contributed by atoms with Gasteiger partial charge in [0.2, 0.25) is 0 Å². The molecule has 1 aromatic carbocycles. The van der Waals surface area contributed by atoms with Gasteiger partial charge in [0.15, 0.2) is 0 Å². The summed E-state index contributed by atoms with van der Waals surface area (Å²) in [5.74, 6) is -0.681. The number of amides is 1. The van der Waals surface area contributed by atoms with Gasteiger partial charge in [0, 0.05) is 23.7 Å². The van der Waals surface area contributed by atoms with Crippen molar-refractivity contribution in [3.05, 3.63) is 45.1 Å². The number of anilines is 2. The van der Waals surface area contributed by atoms with Crippen LogP contribution in [-0.2, 0) is 15.9 Å². The highest BCUT2D eigenvalue weighted by Crippen LogP contribution is 2.27. The molecule has 1 amide bonds. The zero-order valence-corrected chi connectivity index (χ0v) is 17.4. The maximum Gasteiger partial charge on any atom is 0.340 e. The van der Waals surface area contributed by atoms with Gasteiger partial charge >= 0.3 is 5.97 Å². The second-order valence-corrected chi connectivity index (χ2v) is 7.97. The molecule has 7 heteroatoms. The number of methoxy groups -OCH3 is 1. The van der Waals surface area contributed by atoms with Crippen molar-refractivity contribution in [2.24, 2.45) is 0 Å². The van der Waals surface area contributed by atoms with Gasteiger partial charge in [-0.05, 0) is 43.2 Å². The van der Waals surface area contributed by atoms with E-state index in [1.807, 2.05) is 19.1 Å². The van der Waals surface area contributed by atoms with Gasteiger partial charge in [0.1, 0.15) is 0 Å². The molecule has 0 saturated carbocycles. The van der Waals surface area contributed by atoms with E-state index in [2.05, 4.69) is 17.1 Å². The predicted molar refractivity (Wildman–Crippen MR) is 112 cm³/mol. The Bertz CT molecular complexity index is 856.